The molecule has 0 bridgehead atoms. The Morgan fingerprint density at radius 2 is 1.90 bits per heavy atom. The van der Waals surface area contributed by atoms with Crippen LogP contribution in [0, 0.1) is 11.8 Å². The first-order valence-electron chi connectivity index (χ1n) is 7.61. The maximum absolute atomic E-state index is 6.46. The normalized spacial score (nSPS) is 14.1. The van der Waals surface area contributed by atoms with E-state index in [1.54, 1.807) is 0 Å². The Kier molecular flexibility index (Phi) is 6.08. The van der Waals surface area contributed by atoms with Gasteiger partial charge in [0, 0.05) is 12.6 Å². The minimum Gasteiger partial charge on any atom is -0.312 e. The molecular formula is C16H30ClN3. The molecule has 0 spiro atoms. The lowest BCUT2D eigenvalue weighted by atomic mass is 9.90. The van der Waals surface area contributed by atoms with Gasteiger partial charge in [0.05, 0.1) is 16.4 Å². The molecule has 1 heterocycles. The molecule has 3 nitrogen and oxygen atoms in total. The fourth-order valence-electron chi connectivity index (χ4n) is 2.27. The first-order chi connectivity index (χ1) is 9.15. The molecule has 0 aliphatic rings. The Hall–Kier alpha value is -0.540. The zero-order valence-corrected chi connectivity index (χ0v) is 14.8. The average molecular weight is 300 g/mol. The Labute approximate surface area is 129 Å². The topological polar surface area (TPSA) is 29.9 Å². The number of aromatic nitrogens is 2. The van der Waals surface area contributed by atoms with Gasteiger partial charge in [-0.05, 0) is 52.0 Å². The van der Waals surface area contributed by atoms with Gasteiger partial charge in [0.25, 0.3) is 0 Å². The maximum atomic E-state index is 6.46. The summed E-state index contributed by atoms with van der Waals surface area (Å²) in [5, 5.41) is 8.98. The molecule has 0 aliphatic heterocycles. The second-order valence-corrected chi connectivity index (χ2v) is 7.40. The van der Waals surface area contributed by atoms with E-state index in [9.17, 15) is 0 Å². The summed E-state index contributed by atoms with van der Waals surface area (Å²) < 4.78 is 1.95. The van der Waals surface area contributed by atoms with Crippen LogP contribution in [0.25, 0.3) is 0 Å². The Morgan fingerprint density at radius 1 is 1.30 bits per heavy atom. The van der Waals surface area contributed by atoms with Crippen molar-refractivity contribution in [1.82, 2.24) is 15.1 Å². The van der Waals surface area contributed by atoms with Crippen LogP contribution in [-0.2, 0) is 19.9 Å². The van der Waals surface area contributed by atoms with Crippen LogP contribution in [0.4, 0.5) is 0 Å². The summed E-state index contributed by atoms with van der Waals surface area (Å²) in [6.07, 6.45) is 1.86. The second kappa shape index (κ2) is 6.95. The number of rotatable bonds is 6. The van der Waals surface area contributed by atoms with Gasteiger partial charge < -0.3 is 5.32 Å². The molecule has 116 valence electrons. The molecule has 0 fully saturated rings. The van der Waals surface area contributed by atoms with E-state index < -0.39 is 0 Å². The molecule has 0 aliphatic carbocycles. The van der Waals surface area contributed by atoms with Gasteiger partial charge >= 0.3 is 0 Å². The molecule has 0 saturated carbocycles. The van der Waals surface area contributed by atoms with Crippen LogP contribution in [-0.4, -0.2) is 21.9 Å². The zero-order valence-electron chi connectivity index (χ0n) is 14.0. The Bertz CT molecular complexity index is 430. The highest BCUT2D eigenvalue weighted by Gasteiger charge is 2.22. The third-order valence-electron chi connectivity index (χ3n) is 3.80. The van der Waals surface area contributed by atoms with Gasteiger partial charge in [0.1, 0.15) is 0 Å². The lowest BCUT2D eigenvalue weighted by molar-refractivity contribution is 0.308. The van der Waals surface area contributed by atoms with E-state index in [4.69, 9.17) is 11.6 Å². The average Bonchev–Trinajstić information content (AvgIpc) is 2.59. The van der Waals surface area contributed by atoms with Crippen molar-refractivity contribution in [2.75, 3.05) is 6.54 Å². The van der Waals surface area contributed by atoms with Gasteiger partial charge in [0.2, 0.25) is 0 Å². The molecule has 1 aromatic rings. The molecule has 0 aromatic carbocycles. The Morgan fingerprint density at radius 3 is 2.30 bits per heavy atom. The number of aryl methyl sites for hydroxylation is 2. The van der Waals surface area contributed by atoms with Crippen molar-refractivity contribution in [3.63, 3.8) is 0 Å². The van der Waals surface area contributed by atoms with Crippen molar-refractivity contribution >= 4 is 11.6 Å². The lowest BCUT2D eigenvalue weighted by Gasteiger charge is -2.27. The van der Waals surface area contributed by atoms with Crippen LogP contribution in [0.2, 0.25) is 5.02 Å². The number of nitrogens with one attached hydrogen (secondary N) is 1. The molecule has 20 heavy (non-hydrogen) atoms. The molecule has 0 radical (unpaired) electrons. The van der Waals surface area contributed by atoms with Crippen molar-refractivity contribution in [3.05, 3.63) is 16.4 Å². The second-order valence-electron chi connectivity index (χ2n) is 7.02. The summed E-state index contributed by atoms with van der Waals surface area (Å²) in [5.41, 5.74) is 2.33. The molecule has 1 unspecified atom stereocenters. The molecule has 0 saturated heterocycles. The minimum atomic E-state index is 0.151. The van der Waals surface area contributed by atoms with Gasteiger partial charge in [-0.1, -0.05) is 32.4 Å². The largest absolute Gasteiger partial charge is 0.312 e. The van der Waals surface area contributed by atoms with E-state index in [0.717, 1.165) is 35.8 Å². The minimum absolute atomic E-state index is 0.151. The molecule has 4 heteroatoms. The van der Waals surface area contributed by atoms with E-state index >= 15 is 0 Å². The van der Waals surface area contributed by atoms with Crippen molar-refractivity contribution in [1.29, 1.82) is 0 Å². The standard InChI is InChI=1S/C16H30ClN3/c1-8-13-15(17)14(20(7)19-13)9-12(11(2)3)10-18-16(4,5)6/h11-12,18H,8-10H2,1-7H3. The monoisotopic (exact) mass is 299 g/mol. The SMILES string of the molecule is CCc1nn(C)c(CC(CNC(C)(C)C)C(C)C)c1Cl. The van der Waals surface area contributed by atoms with E-state index in [0.29, 0.717) is 11.8 Å². The molecule has 1 N–H and O–H groups in total. The molecular weight excluding hydrogens is 270 g/mol. The quantitative estimate of drug-likeness (QED) is 0.865. The van der Waals surface area contributed by atoms with Crippen LogP contribution in [0.1, 0.15) is 52.9 Å². The zero-order chi connectivity index (χ0) is 15.5. The highest BCUT2D eigenvalue weighted by Crippen LogP contribution is 2.26. The third-order valence-corrected chi connectivity index (χ3v) is 4.23. The van der Waals surface area contributed by atoms with Crippen LogP contribution < -0.4 is 5.32 Å². The number of hydrogen-bond acceptors (Lipinski definition) is 2. The molecule has 0 amide bonds. The Balaban J connectivity index is 2.83. The highest BCUT2D eigenvalue weighted by molar-refractivity contribution is 6.31. The third kappa shape index (κ3) is 4.78. The van der Waals surface area contributed by atoms with Gasteiger partial charge in [0.15, 0.2) is 0 Å². The van der Waals surface area contributed by atoms with E-state index in [2.05, 4.69) is 52.0 Å². The van der Waals surface area contributed by atoms with E-state index in [1.165, 1.54) is 0 Å². The van der Waals surface area contributed by atoms with Crippen molar-refractivity contribution in [2.24, 2.45) is 18.9 Å². The molecule has 1 atom stereocenters. The maximum Gasteiger partial charge on any atom is 0.0849 e. The van der Waals surface area contributed by atoms with Gasteiger partial charge in [-0.2, -0.15) is 5.10 Å². The smallest absolute Gasteiger partial charge is 0.0849 e. The van der Waals surface area contributed by atoms with Crippen LogP contribution in [0.3, 0.4) is 0 Å². The van der Waals surface area contributed by atoms with Crippen molar-refractivity contribution in [3.8, 4) is 0 Å². The fourth-order valence-corrected chi connectivity index (χ4v) is 2.64. The van der Waals surface area contributed by atoms with Crippen LogP contribution in [0.5, 0.6) is 0 Å². The van der Waals surface area contributed by atoms with Crippen molar-refractivity contribution < 1.29 is 0 Å². The number of halogens is 1. The van der Waals surface area contributed by atoms with Gasteiger partial charge in [-0.3, -0.25) is 4.68 Å². The summed E-state index contributed by atoms with van der Waals surface area (Å²) in [5.74, 6) is 1.17. The predicted molar refractivity (Wildman–Crippen MR) is 87.4 cm³/mol. The first kappa shape index (κ1) is 17.5. The molecule has 1 rings (SSSR count). The highest BCUT2D eigenvalue weighted by atomic mass is 35.5. The summed E-state index contributed by atoms with van der Waals surface area (Å²) in [7, 11) is 1.99. The summed E-state index contributed by atoms with van der Waals surface area (Å²) in [4.78, 5) is 0. The van der Waals surface area contributed by atoms with Crippen molar-refractivity contribution in [2.45, 2.75) is 59.9 Å². The number of nitrogens with zero attached hydrogens (tertiary/aromatic N) is 2. The van der Waals surface area contributed by atoms with E-state index in [1.807, 2.05) is 11.7 Å². The summed E-state index contributed by atoms with van der Waals surface area (Å²) in [6.45, 7) is 14.3. The molecule has 1 aromatic heterocycles. The number of hydrogen-bond donors (Lipinski definition) is 1. The first-order valence-corrected chi connectivity index (χ1v) is 7.98. The summed E-state index contributed by atoms with van der Waals surface area (Å²) >= 11 is 6.46. The lowest BCUT2D eigenvalue weighted by Crippen LogP contribution is -2.40. The fraction of sp³-hybridized carbons (Fsp3) is 0.812. The van der Waals surface area contributed by atoms with Crippen LogP contribution in [0.15, 0.2) is 0 Å². The predicted octanol–water partition coefficient (Wildman–Crippen LogP) is 3.84. The van der Waals surface area contributed by atoms with Gasteiger partial charge in [-0.15, -0.1) is 0 Å². The van der Waals surface area contributed by atoms with E-state index in [-0.39, 0.29) is 5.54 Å². The van der Waals surface area contributed by atoms with Gasteiger partial charge in [-0.25, -0.2) is 0 Å². The van der Waals surface area contributed by atoms with Crippen LogP contribution >= 0.6 is 11.6 Å². The summed E-state index contributed by atoms with van der Waals surface area (Å²) in [6, 6.07) is 0.